The molecule has 0 saturated carbocycles. The van der Waals surface area contributed by atoms with Gasteiger partial charge in [-0.15, -0.1) is 0 Å². The van der Waals surface area contributed by atoms with Gasteiger partial charge in [0.25, 0.3) is 0 Å². The van der Waals surface area contributed by atoms with Crippen molar-refractivity contribution in [2.24, 2.45) is 0 Å². The van der Waals surface area contributed by atoms with Gasteiger partial charge in [-0.1, -0.05) is 32.6 Å². The van der Waals surface area contributed by atoms with Crippen molar-refractivity contribution in [3.05, 3.63) is 0 Å². The van der Waals surface area contributed by atoms with Crippen molar-refractivity contribution < 1.29 is 0 Å². The Kier molecular flexibility index (Phi) is 5.74. The van der Waals surface area contributed by atoms with E-state index in [-0.39, 0.29) is 5.54 Å². The maximum atomic E-state index is 8.83. The predicted octanol–water partition coefficient (Wildman–Crippen LogP) is 2.46. The van der Waals surface area contributed by atoms with E-state index in [1.807, 2.05) is 14.0 Å². The second-order valence-corrected chi connectivity index (χ2v) is 3.50. The SMILES string of the molecule is CCCCCCC(C)(C#N)NC. The lowest BCUT2D eigenvalue weighted by Gasteiger charge is -2.20. The standard InChI is InChI=1S/C10H20N2/c1-4-5-6-7-8-10(2,9-11)12-3/h12H,4-8H2,1-3H3. The summed E-state index contributed by atoms with van der Waals surface area (Å²) in [4.78, 5) is 0. The molecule has 1 N–H and O–H groups in total. The molecular formula is C10H20N2. The highest BCUT2D eigenvalue weighted by Crippen LogP contribution is 2.13. The number of hydrogen-bond donors (Lipinski definition) is 1. The summed E-state index contributed by atoms with van der Waals surface area (Å²) in [5.74, 6) is 0. The number of rotatable bonds is 6. The number of hydrogen-bond acceptors (Lipinski definition) is 2. The summed E-state index contributed by atoms with van der Waals surface area (Å²) >= 11 is 0. The highest BCUT2D eigenvalue weighted by atomic mass is 14.9. The Hall–Kier alpha value is -0.550. The van der Waals surface area contributed by atoms with Gasteiger partial charge in [-0.3, -0.25) is 0 Å². The zero-order chi connectivity index (χ0) is 9.45. The summed E-state index contributed by atoms with van der Waals surface area (Å²) in [5.41, 5.74) is -0.312. The van der Waals surface area contributed by atoms with Gasteiger partial charge in [-0.25, -0.2) is 0 Å². The fourth-order valence-corrected chi connectivity index (χ4v) is 1.14. The van der Waals surface area contributed by atoms with Crippen molar-refractivity contribution in [1.29, 1.82) is 5.26 Å². The summed E-state index contributed by atoms with van der Waals surface area (Å²) in [6.45, 7) is 4.15. The normalized spacial score (nSPS) is 15.2. The molecule has 2 nitrogen and oxygen atoms in total. The van der Waals surface area contributed by atoms with E-state index in [1.54, 1.807) is 0 Å². The van der Waals surface area contributed by atoms with E-state index in [0.717, 1.165) is 12.8 Å². The average molecular weight is 168 g/mol. The number of nitriles is 1. The molecule has 0 aromatic heterocycles. The predicted molar refractivity (Wildman–Crippen MR) is 51.8 cm³/mol. The van der Waals surface area contributed by atoms with Crippen LogP contribution in [0.15, 0.2) is 0 Å². The van der Waals surface area contributed by atoms with Crippen LogP contribution in [-0.2, 0) is 0 Å². The van der Waals surface area contributed by atoms with Gasteiger partial charge in [0.15, 0.2) is 0 Å². The van der Waals surface area contributed by atoms with Crippen molar-refractivity contribution in [3.63, 3.8) is 0 Å². The first-order valence-electron chi connectivity index (χ1n) is 4.78. The van der Waals surface area contributed by atoms with Gasteiger partial charge >= 0.3 is 0 Å². The van der Waals surface area contributed by atoms with Crippen molar-refractivity contribution in [1.82, 2.24) is 5.32 Å². The van der Waals surface area contributed by atoms with Gasteiger partial charge in [0.05, 0.1) is 6.07 Å². The van der Waals surface area contributed by atoms with Crippen LogP contribution in [0.3, 0.4) is 0 Å². The van der Waals surface area contributed by atoms with Crippen LogP contribution in [0.5, 0.6) is 0 Å². The van der Waals surface area contributed by atoms with Gasteiger partial charge in [0, 0.05) is 0 Å². The third kappa shape index (κ3) is 4.35. The lowest BCUT2D eigenvalue weighted by atomic mass is 9.96. The molecule has 0 aromatic carbocycles. The lowest BCUT2D eigenvalue weighted by Crippen LogP contribution is -2.37. The molecule has 1 unspecified atom stereocenters. The van der Waals surface area contributed by atoms with E-state index in [1.165, 1.54) is 19.3 Å². The maximum Gasteiger partial charge on any atom is 0.103 e. The zero-order valence-corrected chi connectivity index (χ0v) is 8.48. The Bertz CT molecular complexity index is 148. The van der Waals surface area contributed by atoms with Crippen LogP contribution in [0.25, 0.3) is 0 Å². The van der Waals surface area contributed by atoms with E-state index >= 15 is 0 Å². The van der Waals surface area contributed by atoms with Crippen LogP contribution >= 0.6 is 0 Å². The molecule has 0 bridgehead atoms. The molecule has 1 atom stereocenters. The van der Waals surface area contributed by atoms with Crippen LogP contribution in [0.2, 0.25) is 0 Å². The molecule has 0 aliphatic heterocycles. The van der Waals surface area contributed by atoms with Gasteiger partial charge in [-0.2, -0.15) is 5.26 Å². The van der Waals surface area contributed by atoms with Crippen LogP contribution in [0.4, 0.5) is 0 Å². The average Bonchev–Trinajstić information content (AvgIpc) is 2.12. The minimum atomic E-state index is -0.312. The van der Waals surface area contributed by atoms with Gasteiger partial charge in [0.1, 0.15) is 5.54 Å². The lowest BCUT2D eigenvalue weighted by molar-refractivity contribution is 0.429. The van der Waals surface area contributed by atoms with Crippen molar-refractivity contribution in [2.75, 3.05) is 7.05 Å². The largest absolute Gasteiger partial charge is 0.303 e. The van der Waals surface area contributed by atoms with E-state index in [0.29, 0.717) is 0 Å². The molecule has 2 heteroatoms. The third-order valence-electron chi connectivity index (χ3n) is 2.33. The highest BCUT2D eigenvalue weighted by molar-refractivity contribution is 5.02. The van der Waals surface area contributed by atoms with Gasteiger partial charge < -0.3 is 5.32 Å². The Balaban J connectivity index is 3.54. The summed E-state index contributed by atoms with van der Waals surface area (Å²) in [7, 11) is 1.85. The fourth-order valence-electron chi connectivity index (χ4n) is 1.14. The summed E-state index contributed by atoms with van der Waals surface area (Å²) in [6.07, 6.45) is 5.89. The van der Waals surface area contributed by atoms with Crippen molar-refractivity contribution in [2.45, 2.75) is 51.5 Å². The molecule has 12 heavy (non-hydrogen) atoms. The minimum Gasteiger partial charge on any atom is -0.303 e. The summed E-state index contributed by atoms with van der Waals surface area (Å²) < 4.78 is 0. The molecule has 70 valence electrons. The minimum absolute atomic E-state index is 0.312. The Morgan fingerprint density at radius 2 is 2.00 bits per heavy atom. The van der Waals surface area contributed by atoms with E-state index < -0.39 is 0 Å². The monoisotopic (exact) mass is 168 g/mol. The molecule has 0 radical (unpaired) electrons. The molecule has 0 fully saturated rings. The Labute approximate surface area is 76.0 Å². The van der Waals surface area contributed by atoms with Gasteiger partial charge in [0.2, 0.25) is 0 Å². The molecule has 0 amide bonds. The molecule has 0 heterocycles. The Morgan fingerprint density at radius 3 is 2.42 bits per heavy atom. The number of unbranched alkanes of at least 4 members (excludes halogenated alkanes) is 3. The topological polar surface area (TPSA) is 35.8 Å². The van der Waals surface area contributed by atoms with E-state index in [4.69, 9.17) is 5.26 Å². The first kappa shape index (κ1) is 11.4. The molecular weight excluding hydrogens is 148 g/mol. The van der Waals surface area contributed by atoms with Crippen molar-refractivity contribution >= 4 is 0 Å². The first-order valence-corrected chi connectivity index (χ1v) is 4.78. The summed E-state index contributed by atoms with van der Waals surface area (Å²) in [5, 5.41) is 11.9. The molecule has 0 saturated heterocycles. The van der Waals surface area contributed by atoms with Crippen LogP contribution < -0.4 is 5.32 Å². The fraction of sp³-hybridized carbons (Fsp3) is 0.900. The first-order chi connectivity index (χ1) is 5.68. The second kappa shape index (κ2) is 6.02. The quantitative estimate of drug-likeness (QED) is 0.618. The molecule has 0 rings (SSSR count). The van der Waals surface area contributed by atoms with E-state index in [2.05, 4.69) is 18.3 Å². The summed E-state index contributed by atoms with van der Waals surface area (Å²) in [6, 6.07) is 2.29. The third-order valence-corrected chi connectivity index (χ3v) is 2.33. The van der Waals surface area contributed by atoms with Gasteiger partial charge in [-0.05, 0) is 20.4 Å². The number of nitrogens with one attached hydrogen (secondary N) is 1. The molecule has 0 aliphatic rings. The van der Waals surface area contributed by atoms with Crippen LogP contribution in [0.1, 0.15) is 46.0 Å². The molecule has 0 spiro atoms. The second-order valence-electron chi connectivity index (χ2n) is 3.50. The Morgan fingerprint density at radius 1 is 1.33 bits per heavy atom. The maximum absolute atomic E-state index is 8.83. The van der Waals surface area contributed by atoms with Crippen molar-refractivity contribution in [3.8, 4) is 6.07 Å². The molecule has 0 aromatic rings. The van der Waals surface area contributed by atoms with Crippen LogP contribution in [-0.4, -0.2) is 12.6 Å². The molecule has 0 aliphatic carbocycles. The number of nitrogens with zero attached hydrogens (tertiary/aromatic N) is 1. The zero-order valence-electron chi connectivity index (χ0n) is 8.48. The highest BCUT2D eigenvalue weighted by Gasteiger charge is 2.19. The smallest absolute Gasteiger partial charge is 0.103 e. The van der Waals surface area contributed by atoms with E-state index in [9.17, 15) is 0 Å². The van der Waals surface area contributed by atoms with Crippen LogP contribution in [0, 0.1) is 11.3 Å².